The van der Waals surface area contributed by atoms with Crippen LogP contribution < -0.4 is 10.5 Å². The second kappa shape index (κ2) is 12.5. The molecule has 10 nitrogen and oxygen atoms in total. The Balaban J connectivity index is 0.00000103. The van der Waals surface area contributed by atoms with Gasteiger partial charge in [-0.2, -0.15) is 15.2 Å². The van der Waals surface area contributed by atoms with Crippen molar-refractivity contribution in [3.63, 3.8) is 0 Å². The van der Waals surface area contributed by atoms with Gasteiger partial charge in [-0.3, -0.25) is 9.69 Å². The molecule has 4 rings (SSSR count). The average molecular weight is 472 g/mol. The molecule has 2 aromatic rings. The number of carboxylic acid groups (broad SMARTS) is 1. The van der Waals surface area contributed by atoms with E-state index in [2.05, 4.69) is 44.8 Å². The lowest BCUT2D eigenvalue weighted by Crippen LogP contribution is -2.51. The van der Waals surface area contributed by atoms with Gasteiger partial charge in [-0.25, -0.2) is 0 Å². The van der Waals surface area contributed by atoms with Crippen molar-refractivity contribution >= 4 is 23.3 Å². The molecule has 2 aliphatic rings. The highest BCUT2D eigenvalue weighted by atomic mass is 16.5. The molecule has 2 saturated heterocycles. The third kappa shape index (κ3) is 6.15. The van der Waals surface area contributed by atoms with Crippen LogP contribution in [0.3, 0.4) is 0 Å². The number of aromatic nitrogens is 3. The minimum atomic E-state index is -0.250. The number of hydrogen-bond donors (Lipinski definition) is 3. The topological polar surface area (TPSA) is 144 Å². The predicted octanol–water partition coefficient (Wildman–Crippen LogP) is 2.78. The first-order valence-electron chi connectivity index (χ1n) is 12.2. The van der Waals surface area contributed by atoms with E-state index >= 15 is 0 Å². The van der Waals surface area contributed by atoms with Crippen LogP contribution in [0.4, 0.5) is 5.82 Å². The van der Waals surface area contributed by atoms with E-state index in [0.717, 1.165) is 55.3 Å². The molecule has 0 spiro atoms. The lowest BCUT2D eigenvalue weighted by atomic mass is 10.1. The number of aryl methyl sites for hydroxylation is 1. The van der Waals surface area contributed by atoms with E-state index < -0.39 is 0 Å². The van der Waals surface area contributed by atoms with Crippen LogP contribution in [0.25, 0.3) is 11.0 Å². The number of rotatable bonds is 10. The maximum Gasteiger partial charge on any atom is 0.319 e. The maximum absolute atomic E-state index is 9.59. The number of piperazine rings is 1. The van der Waals surface area contributed by atoms with Gasteiger partial charge in [0.05, 0.1) is 6.61 Å². The molecule has 2 atom stereocenters. The summed E-state index contributed by atoms with van der Waals surface area (Å²) < 4.78 is 5.67. The number of nitriles is 1. The van der Waals surface area contributed by atoms with Crippen molar-refractivity contribution in [2.75, 3.05) is 39.0 Å². The number of ether oxygens (including phenoxy) is 1. The number of fused-ring (bicyclic) bond motifs is 3. The maximum atomic E-state index is 9.59. The van der Waals surface area contributed by atoms with Gasteiger partial charge in [-0.05, 0) is 52.1 Å². The molecule has 4 heterocycles. The fraction of sp³-hybridized carbons (Fsp3) is 0.667. The minimum Gasteiger partial charge on any atom is -0.483 e. The zero-order valence-corrected chi connectivity index (χ0v) is 20.3. The normalized spacial score (nSPS) is 20.0. The fourth-order valence-corrected chi connectivity index (χ4v) is 5.03. The molecule has 2 bridgehead atoms. The van der Waals surface area contributed by atoms with Gasteiger partial charge in [0.25, 0.3) is 6.47 Å². The van der Waals surface area contributed by atoms with Gasteiger partial charge >= 0.3 is 6.01 Å². The van der Waals surface area contributed by atoms with Crippen molar-refractivity contribution in [1.82, 2.24) is 24.8 Å². The van der Waals surface area contributed by atoms with E-state index in [0.29, 0.717) is 29.6 Å². The lowest BCUT2D eigenvalue weighted by Gasteiger charge is -2.38. The largest absolute Gasteiger partial charge is 0.483 e. The fourth-order valence-electron chi connectivity index (χ4n) is 5.03. The molecule has 186 valence electrons. The first kappa shape index (κ1) is 25.7. The molecule has 34 heavy (non-hydrogen) atoms. The van der Waals surface area contributed by atoms with E-state index in [9.17, 15) is 5.26 Å². The van der Waals surface area contributed by atoms with Crippen LogP contribution in [0.15, 0.2) is 0 Å². The Hall–Kier alpha value is -2.90. The summed E-state index contributed by atoms with van der Waals surface area (Å²) in [5, 5.41) is 16.5. The van der Waals surface area contributed by atoms with E-state index in [4.69, 9.17) is 20.4 Å². The van der Waals surface area contributed by atoms with Gasteiger partial charge in [-0.15, -0.1) is 0 Å². The molecule has 2 aliphatic heterocycles. The van der Waals surface area contributed by atoms with Gasteiger partial charge in [0.15, 0.2) is 5.82 Å². The zero-order chi connectivity index (χ0) is 24.5. The molecule has 0 amide bonds. The summed E-state index contributed by atoms with van der Waals surface area (Å²) >= 11 is 0. The standard InChI is InChI=1S/C23H35N7O.CH2O2/c1-3-4-12-31-23-27-20-18(19(13-24)26-21(20)22(25)28-23)8-6-5-7-11-30-14-16-9-10-17(15-30)29(16)2;2-1-3/h16-17,26H,3-12,14-15H2,1-2H3,(H2,25,27,28);1H,(H,2,3). The molecule has 4 N–H and O–H groups in total. The van der Waals surface area contributed by atoms with Gasteiger partial charge < -0.3 is 25.5 Å². The average Bonchev–Trinajstić information content (AvgIpc) is 3.25. The van der Waals surface area contributed by atoms with Gasteiger partial charge in [-0.1, -0.05) is 19.8 Å². The van der Waals surface area contributed by atoms with Crippen molar-refractivity contribution in [1.29, 1.82) is 5.26 Å². The molecule has 0 radical (unpaired) electrons. The number of nitrogens with one attached hydrogen (secondary N) is 1. The number of carbonyl (C=O) groups is 1. The number of anilines is 1. The van der Waals surface area contributed by atoms with Crippen molar-refractivity contribution in [3.05, 3.63) is 11.3 Å². The Labute approximate surface area is 201 Å². The van der Waals surface area contributed by atoms with Crippen molar-refractivity contribution in [2.45, 2.75) is 70.4 Å². The molecule has 2 fully saturated rings. The second-order valence-corrected chi connectivity index (χ2v) is 9.13. The summed E-state index contributed by atoms with van der Waals surface area (Å²) in [5.74, 6) is 0.337. The highest BCUT2D eigenvalue weighted by molar-refractivity contribution is 5.89. The van der Waals surface area contributed by atoms with E-state index in [1.807, 2.05) is 0 Å². The van der Waals surface area contributed by atoms with Gasteiger partial charge in [0, 0.05) is 30.7 Å². The molecular weight excluding hydrogens is 434 g/mol. The Morgan fingerprint density at radius 2 is 1.94 bits per heavy atom. The minimum absolute atomic E-state index is 0.250. The predicted molar refractivity (Wildman–Crippen MR) is 131 cm³/mol. The highest BCUT2D eigenvalue weighted by Gasteiger charge is 2.36. The number of likely N-dealkylation sites (tertiary alicyclic amines) is 1. The summed E-state index contributed by atoms with van der Waals surface area (Å²) in [6.07, 6.45) is 8.85. The molecule has 2 aromatic heterocycles. The molecule has 10 heteroatoms. The van der Waals surface area contributed by atoms with Crippen LogP contribution >= 0.6 is 0 Å². The third-order valence-electron chi connectivity index (χ3n) is 6.92. The van der Waals surface area contributed by atoms with Crippen LogP contribution in [0.5, 0.6) is 6.01 Å². The summed E-state index contributed by atoms with van der Waals surface area (Å²) in [7, 11) is 2.28. The monoisotopic (exact) mass is 471 g/mol. The summed E-state index contributed by atoms with van der Waals surface area (Å²) in [6.45, 7) is 6.03. The number of nitrogens with two attached hydrogens (primary N) is 1. The van der Waals surface area contributed by atoms with E-state index in [-0.39, 0.29) is 6.47 Å². The number of hydrogen-bond acceptors (Lipinski definition) is 8. The Kier molecular flexibility index (Phi) is 9.48. The quantitative estimate of drug-likeness (QED) is 0.352. The molecule has 0 saturated carbocycles. The highest BCUT2D eigenvalue weighted by Crippen LogP contribution is 2.29. The molecule has 0 aliphatic carbocycles. The Morgan fingerprint density at radius 3 is 2.59 bits per heavy atom. The van der Waals surface area contributed by atoms with Crippen molar-refractivity contribution in [3.8, 4) is 12.1 Å². The van der Waals surface area contributed by atoms with Crippen LogP contribution in [0.1, 0.15) is 63.1 Å². The number of unbranched alkanes of at least 4 members (excludes halogenated alkanes) is 3. The van der Waals surface area contributed by atoms with E-state index in [1.165, 1.54) is 38.9 Å². The van der Waals surface area contributed by atoms with Gasteiger partial charge in [0.1, 0.15) is 22.8 Å². The molecule has 2 unspecified atom stereocenters. The third-order valence-corrected chi connectivity index (χ3v) is 6.92. The Morgan fingerprint density at radius 1 is 1.24 bits per heavy atom. The van der Waals surface area contributed by atoms with Crippen LogP contribution in [0, 0.1) is 11.3 Å². The SMILES string of the molecule is CCCCOc1nc(N)c2[nH]c(C#N)c(CCCCCN3CC4CCC(C3)N4C)c2n1.O=CO. The Bertz CT molecular complexity index is 973. The molecular formula is C24H37N7O3. The first-order chi connectivity index (χ1) is 16.5. The zero-order valence-electron chi connectivity index (χ0n) is 20.3. The van der Waals surface area contributed by atoms with Crippen molar-refractivity contribution < 1.29 is 14.6 Å². The van der Waals surface area contributed by atoms with Crippen LogP contribution in [-0.4, -0.2) is 81.7 Å². The second-order valence-electron chi connectivity index (χ2n) is 9.13. The summed E-state index contributed by atoms with van der Waals surface area (Å²) in [4.78, 5) is 25.5. The first-order valence-corrected chi connectivity index (χ1v) is 12.2. The van der Waals surface area contributed by atoms with Crippen LogP contribution in [-0.2, 0) is 11.2 Å². The molecule has 0 aromatic carbocycles. The van der Waals surface area contributed by atoms with E-state index in [1.54, 1.807) is 0 Å². The number of nitrogens with zero attached hydrogens (tertiary/aromatic N) is 5. The number of H-pyrrole nitrogens is 1. The smallest absolute Gasteiger partial charge is 0.319 e. The number of aromatic amines is 1. The van der Waals surface area contributed by atoms with Crippen molar-refractivity contribution in [2.24, 2.45) is 0 Å². The number of likely N-dealkylation sites (N-methyl/N-ethyl adjacent to an activating group) is 1. The number of nitrogen functional groups attached to an aromatic ring is 1. The lowest BCUT2D eigenvalue weighted by molar-refractivity contribution is -0.122. The van der Waals surface area contributed by atoms with Crippen LogP contribution in [0.2, 0.25) is 0 Å². The van der Waals surface area contributed by atoms with Gasteiger partial charge in [0.2, 0.25) is 0 Å². The summed E-state index contributed by atoms with van der Waals surface area (Å²) in [6, 6.07) is 4.07. The summed E-state index contributed by atoms with van der Waals surface area (Å²) in [5.41, 5.74) is 8.96.